The highest BCUT2D eigenvalue weighted by atomic mass is 35.5. The third kappa shape index (κ3) is 6.23. The minimum absolute atomic E-state index is 0.0188. The summed E-state index contributed by atoms with van der Waals surface area (Å²) in [6.45, 7) is 6.97. The number of carbonyl (C=O) groups excluding carboxylic acids is 1. The van der Waals surface area contributed by atoms with Crippen molar-refractivity contribution in [3.63, 3.8) is 0 Å². The van der Waals surface area contributed by atoms with Crippen molar-refractivity contribution in [1.29, 1.82) is 0 Å². The average Bonchev–Trinajstić information content (AvgIpc) is 2.72. The molecule has 1 saturated carbocycles. The first kappa shape index (κ1) is 23.1. The molecule has 5 nitrogen and oxygen atoms in total. The number of benzene rings is 2. The zero-order chi connectivity index (χ0) is 22.6. The number of anilines is 1. The van der Waals surface area contributed by atoms with Gasteiger partial charge in [0, 0.05) is 22.2 Å². The molecule has 0 saturated heterocycles. The van der Waals surface area contributed by atoms with Crippen molar-refractivity contribution < 1.29 is 19.4 Å². The summed E-state index contributed by atoms with van der Waals surface area (Å²) in [4.78, 5) is 23.7. The molecule has 2 aromatic carbocycles. The van der Waals surface area contributed by atoms with E-state index in [0.29, 0.717) is 23.2 Å². The molecule has 1 aliphatic rings. The Hall–Kier alpha value is -2.53. The maximum absolute atomic E-state index is 12.7. The van der Waals surface area contributed by atoms with Crippen molar-refractivity contribution in [2.75, 3.05) is 11.9 Å². The molecular weight excluding hydrogens is 414 g/mol. The van der Waals surface area contributed by atoms with Crippen molar-refractivity contribution in [3.8, 4) is 5.75 Å². The zero-order valence-electron chi connectivity index (χ0n) is 18.3. The summed E-state index contributed by atoms with van der Waals surface area (Å²) in [6.07, 6.45) is 3.65. The van der Waals surface area contributed by atoms with Crippen LogP contribution in [0.15, 0.2) is 42.5 Å². The Morgan fingerprint density at radius 3 is 2.48 bits per heavy atom. The number of carboxylic acids is 1. The maximum Gasteiger partial charge on any atom is 0.335 e. The molecule has 166 valence electrons. The quantitative estimate of drug-likeness (QED) is 0.560. The van der Waals surface area contributed by atoms with Gasteiger partial charge in [0.25, 0.3) is 0 Å². The lowest BCUT2D eigenvalue weighted by Crippen LogP contribution is -2.30. The lowest BCUT2D eigenvalue weighted by atomic mass is 9.81. The fourth-order valence-corrected chi connectivity index (χ4v) is 4.21. The van der Waals surface area contributed by atoms with Crippen molar-refractivity contribution in [1.82, 2.24) is 0 Å². The van der Waals surface area contributed by atoms with Gasteiger partial charge < -0.3 is 15.2 Å². The van der Waals surface area contributed by atoms with Crippen LogP contribution in [0.1, 0.15) is 62.4 Å². The largest absolute Gasteiger partial charge is 0.493 e. The van der Waals surface area contributed by atoms with Crippen LogP contribution >= 0.6 is 11.6 Å². The number of carbonyl (C=O) groups is 2. The van der Waals surface area contributed by atoms with Gasteiger partial charge in [0.2, 0.25) is 5.91 Å². The zero-order valence-corrected chi connectivity index (χ0v) is 19.0. The number of hydrogen-bond donors (Lipinski definition) is 2. The SMILES string of the molecule is CC(C)(C)c1cc(Cl)ccc1OCC1CCCC(C(=O)Nc2ccc(C(=O)O)cc2)C1. The van der Waals surface area contributed by atoms with Gasteiger partial charge in [0.15, 0.2) is 0 Å². The molecule has 3 rings (SSSR count). The van der Waals surface area contributed by atoms with E-state index in [4.69, 9.17) is 21.4 Å². The Bertz CT molecular complexity index is 934. The van der Waals surface area contributed by atoms with Crippen LogP contribution in [0, 0.1) is 11.8 Å². The Labute approximate surface area is 188 Å². The topological polar surface area (TPSA) is 75.6 Å². The molecule has 0 aliphatic heterocycles. The summed E-state index contributed by atoms with van der Waals surface area (Å²) in [6, 6.07) is 12.0. The van der Waals surface area contributed by atoms with E-state index in [-0.39, 0.29) is 22.8 Å². The van der Waals surface area contributed by atoms with Crippen molar-refractivity contribution in [3.05, 3.63) is 58.6 Å². The number of nitrogens with one attached hydrogen (secondary N) is 1. The minimum atomic E-state index is -0.983. The Balaban J connectivity index is 1.58. The Morgan fingerprint density at radius 2 is 1.84 bits per heavy atom. The highest BCUT2D eigenvalue weighted by Gasteiger charge is 2.28. The van der Waals surface area contributed by atoms with Crippen LogP contribution in [-0.4, -0.2) is 23.6 Å². The molecular formula is C25H30ClNO4. The van der Waals surface area contributed by atoms with Gasteiger partial charge in [-0.25, -0.2) is 4.79 Å². The highest BCUT2D eigenvalue weighted by Crippen LogP contribution is 2.35. The molecule has 1 fully saturated rings. The van der Waals surface area contributed by atoms with E-state index < -0.39 is 5.97 Å². The average molecular weight is 444 g/mol. The van der Waals surface area contributed by atoms with Crippen molar-refractivity contribution >= 4 is 29.2 Å². The Kier molecular flexibility index (Phi) is 7.26. The minimum Gasteiger partial charge on any atom is -0.493 e. The number of rotatable bonds is 6. The Morgan fingerprint density at radius 1 is 1.13 bits per heavy atom. The molecule has 2 unspecified atom stereocenters. The third-order valence-electron chi connectivity index (χ3n) is 5.78. The second-order valence-electron chi connectivity index (χ2n) is 9.30. The van der Waals surface area contributed by atoms with Gasteiger partial charge in [0.05, 0.1) is 12.2 Å². The number of amides is 1. The van der Waals surface area contributed by atoms with Crippen LogP contribution in [-0.2, 0) is 10.2 Å². The molecule has 1 amide bonds. The number of hydrogen-bond acceptors (Lipinski definition) is 3. The van der Waals surface area contributed by atoms with E-state index >= 15 is 0 Å². The summed E-state index contributed by atoms with van der Waals surface area (Å²) < 4.78 is 6.19. The fraction of sp³-hybridized carbons (Fsp3) is 0.440. The van der Waals surface area contributed by atoms with Crippen LogP contribution in [0.2, 0.25) is 5.02 Å². The highest BCUT2D eigenvalue weighted by molar-refractivity contribution is 6.30. The summed E-state index contributed by atoms with van der Waals surface area (Å²) in [7, 11) is 0. The van der Waals surface area contributed by atoms with Crippen LogP contribution in [0.3, 0.4) is 0 Å². The molecule has 1 aliphatic carbocycles. The summed E-state index contributed by atoms with van der Waals surface area (Å²) >= 11 is 6.19. The number of ether oxygens (including phenoxy) is 1. The van der Waals surface area contributed by atoms with E-state index in [2.05, 4.69) is 26.1 Å². The first-order valence-electron chi connectivity index (χ1n) is 10.7. The van der Waals surface area contributed by atoms with E-state index in [9.17, 15) is 9.59 Å². The number of carboxylic acid groups (broad SMARTS) is 1. The van der Waals surface area contributed by atoms with Crippen LogP contribution < -0.4 is 10.1 Å². The molecule has 31 heavy (non-hydrogen) atoms. The monoisotopic (exact) mass is 443 g/mol. The van der Waals surface area contributed by atoms with Gasteiger partial charge in [-0.2, -0.15) is 0 Å². The second kappa shape index (κ2) is 9.73. The van der Waals surface area contributed by atoms with Gasteiger partial charge in [-0.05, 0) is 73.1 Å². The lowest BCUT2D eigenvalue weighted by Gasteiger charge is -2.29. The lowest BCUT2D eigenvalue weighted by molar-refractivity contribution is -0.121. The van der Waals surface area contributed by atoms with Gasteiger partial charge in [-0.3, -0.25) is 4.79 Å². The van der Waals surface area contributed by atoms with E-state index in [1.54, 1.807) is 12.1 Å². The first-order chi connectivity index (χ1) is 14.6. The second-order valence-corrected chi connectivity index (χ2v) is 9.74. The molecule has 0 bridgehead atoms. The first-order valence-corrected chi connectivity index (χ1v) is 11.1. The molecule has 0 radical (unpaired) electrons. The smallest absolute Gasteiger partial charge is 0.335 e. The van der Waals surface area contributed by atoms with Gasteiger partial charge >= 0.3 is 5.97 Å². The van der Waals surface area contributed by atoms with Gasteiger partial charge in [-0.15, -0.1) is 0 Å². The summed E-state index contributed by atoms with van der Waals surface area (Å²) in [5, 5.41) is 12.6. The molecule has 0 spiro atoms. The summed E-state index contributed by atoms with van der Waals surface area (Å²) in [5.74, 6) is 0.0798. The summed E-state index contributed by atoms with van der Waals surface area (Å²) in [5.41, 5.74) is 1.81. The molecule has 0 heterocycles. The third-order valence-corrected chi connectivity index (χ3v) is 6.01. The van der Waals surface area contributed by atoms with Gasteiger partial charge in [-0.1, -0.05) is 38.8 Å². The van der Waals surface area contributed by atoms with Crippen LogP contribution in [0.25, 0.3) is 0 Å². The van der Waals surface area contributed by atoms with E-state index in [1.165, 1.54) is 12.1 Å². The molecule has 2 N–H and O–H groups in total. The number of halogens is 1. The molecule has 0 aromatic heterocycles. The van der Waals surface area contributed by atoms with E-state index in [0.717, 1.165) is 37.0 Å². The predicted molar refractivity (Wildman–Crippen MR) is 123 cm³/mol. The van der Waals surface area contributed by atoms with Crippen LogP contribution in [0.4, 0.5) is 5.69 Å². The van der Waals surface area contributed by atoms with Gasteiger partial charge in [0.1, 0.15) is 5.75 Å². The van der Waals surface area contributed by atoms with Crippen molar-refractivity contribution in [2.45, 2.75) is 51.9 Å². The number of aromatic carboxylic acids is 1. The predicted octanol–water partition coefficient (Wildman–Crippen LogP) is 6.16. The standard InChI is InChI=1S/C25H30ClNO4/c1-25(2,3)21-14-19(26)9-12-22(21)31-15-16-5-4-6-18(13-16)23(28)27-20-10-7-17(8-11-20)24(29)30/h7-12,14,16,18H,4-6,13,15H2,1-3H3,(H,27,28)(H,29,30). The fourth-order valence-electron chi connectivity index (χ4n) is 4.04. The van der Waals surface area contributed by atoms with E-state index in [1.807, 2.05) is 18.2 Å². The molecule has 2 aromatic rings. The normalized spacial score (nSPS) is 19.0. The maximum atomic E-state index is 12.7. The van der Waals surface area contributed by atoms with Crippen molar-refractivity contribution in [2.24, 2.45) is 11.8 Å². The van der Waals surface area contributed by atoms with Crippen LogP contribution in [0.5, 0.6) is 5.75 Å². The molecule has 2 atom stereocenters. The molecule has 6 heteroatoms.